The smallest absolute Gasteiger partial charge is 0.247 e. The zero-order valence-electron chi connectivity index (χ0n) is 8.25. The van der Waals surface area contributed by atoms with E-state index < -0.39 is 0 Å². The molecule has 2 aromatic heterocycles. The molecule has 7 nitrogen and oxygen atoms in total. The van der Waals surface area contributed by atoms with Gasteiger partial charge in [0.2, 0.25) is 17.7 Å². The van der Waals surface area contributed by atoms with Crippen molar-refractivity contribution in [2.24, 2.45) is 5.84 Å². The fourth-order valence-electron chi connectivity index (χ4n) is 1.12. The molecular weight excluding hydrogens is 210 g/mol. The van der Waals surface area contributed by atoms with Gasteiger partial charge in [0.25, 0.3) is 0 Å². The first-order chi connectivity index (χ1) is 7.79. The maximum atomic E-state index is 11.0. The van der Waals surface area contributed by atoms with Gasteiger partial charge < -0.3 is 4.42 Å². The molecule has 0 bridgehead atoms. The normalized spacial score (nSPS) is 10.1. The van der Waals surface area contributed by atoms with Gasteiger partial charge in [0.1, 0.15) is 6.42 Å². The summed E-state index contributed by atoms with van der Waals surface area (Å²) in [7, 11) is 0. The number of hydrogen-bond donors (Lipinski definition) is 2. The van der Waals surface area contributed by atoms with Crippen molar-refractivity contribution in [3.05, 3.63) is 30.4 Å². The average Bonchev–Trinajstić information content (AvgIpc) is 2.78. The van der Waals surface area contributed by atoms with Crippen molar-refractivity contribution >= 4 is 5.91 Å². The van der Waals surface area contributed by atoms with Crippen LogP contribution < -0.4 is 11.3 Å². The van der Waals surface area contributed by atoms with E-state index in [0.29, 0.717) is 5.89 Å². The predicted octanol–water partition coefficient (Wildman–Crippen LogP) is -0.336. The molecule has 0 atom stereocenters. The Kier molecular flexibility index (Phi) is 2.88. The van der Waals surface area contributed by atoms with Crippen molar-refractivity contribution < 1.29 is 9.21 Å². The molecule has 0 saturated carbocycles. The molecule has 3 N–H and O–H groups in total. The first kappa shape index (κ1) is 10.2. The summed E-state index contributed by atoms with van der Waals surface area (Å²) in [6, 6.07) is 3.47. The maximum Gasteiger partial charge on any atom is 0.247 e. The fourth-order valence-corrected chi connectivity index (χ4v) is 1.12. The summed E-state index contributed by atoms with van der Waals surface area (Å²) >= 11 is 0. The Bertz CT molecular complexity index is 482. The van der Waals surface area contributed by atoms with Crippen molar-refractivity contribution in [3.8, 4) is 11.5 Å². The van der Waals surface area contributed by atoms with Crippen LogP contribution in [0.5, 0.6) is 0 Å². The topological polar surface area (TPSA) is 107 Å². The number of nitrogens with zero attached hydrogens (tertiary/aromatic N) is 3. The number of rotatable bonds is 3. The predicted molar refractivity (Wildman–Crippen MR) is 53.6 cm³/mol. The summed E-state index contributed by atoms with van der Waals surface area (Å²) in [6.07, 6.45) is 3.20. The van der Waals surface area contributed by atoms with Gasteiger partial charge in [-0.15, -0.1) is 10.2 Å². The lowest BCUT2D eigenvalue weighted by Crippen LogP contribution is -2.31. The Labute approximate surface area is 90.7 Å². The molecule has 0 aliphatic heterocycles. The van der Waals surface area contributed by atoms with Gasteiger partial charge in [0.05, 0.1) is 0 Å². The van der Waals surface area contributed by atoms with E-state index >= 15 is 0 Å². The Morgan fingerprint density at radius 1 is 1.38 bits per heavy atom. The number of aromatic nitrogens is 3. The van der Waals surface area contributed by atoms with E-state index in [9.17, 15) is 4.79 Å². The zero-order valence-corrected chi connectivity index (χ0v) is 8.25. The van der Waals surface area contributed by atoms with Crippen LogP contribution in [0.4, 0.5) is 0 Å². The van der Waals surface area contributed by atoms with E-state index in [1.54, 1.807) is 24.5 Å². The summed E-state index contributed by atoms with van der Waals surface area (Å²) in [5, 5.41) is 7.54. The minimum Gasteiger partial charge on any atom is -0.420 e. The quantitative estimate of drug-likeness (QED) is 0.415. The average molecular weight is 219 g/mol. The van der Waals surface area contributed by atoms with Gasteiger partial charge in [-0.25, -0.2) is 5.84 Å². The van der Waals surface area contributed by atoms with Crippen molar-refractivity contribution in [2.45, 2.75) is 6.42 Å². The largest absolute Gasteiger partial charge is 0.420 e. The first-order valence-electron chi connectivity index (χ1n) is 4.52. The molecule has 0 aliphatic carbocycles. The molecule has 0 radical (unpaired) electrons. The minimum absolute atomic E-state index is 0.0332. The lowest BCUT2D eigenvalue weighted by atomic mass is 10.3. The first-order valence-corrected chi connectivity index (χ1v) is 4.52. The molecule has 0 unspecified atom stereocenters. The lowest BCUT2D eigenvalue weighted by Gasteiger charge is -1.93. The summed E-state index contributed by atoms with van der Waals surface area (Å²) in [4.78, 5) is 14.8. The summed E-state index contributed by atoms with van der Waals surface area (Å²) in [5.74, 6) is 5.12. The Morgan fingerprint density at radius 2 is 2.12 bits per heavy atom. The van der Waals surface area contributed by atoms with Crippen LogP contribution in [0.3, 0.4) is 0 Å². The van der Waals surface area contributed by atoms with E-state index in [1.807, 2.05) is 5.43 Å². The number of carbonyl (C=O) groups is 1. The van der Waals surface area contributed by atoms with Crippen LogP contribution in [-0.4, -0.2) is 21.1 Å². The maximum absolute atomic E-state index is 11.0. The van der Waals surface area contributed by atoms with E-state index in [1.165, 1.54) is 0 Å². The molecule has 16 heavy (non-hydrogen) atoms. The van der Waals surface area contributed by atoms with Crippen LogP contribution >= 0.6 is 0 Å². The van der Waals surface area contributed by atoms with Crippen molar-refractivity contribution in [1.82, 2.24) is 20.6 Å². The van der Waals surface area contributed by atoms with Gasteiger partial charge in [-0.2, -0.15) is 0 Å². The van der Waals surface area contributed by atoms with E-state index in [2.05, 4.69) is 15.2 Å². The fraction of sp³-hybridized carbons (Fsp3) is 0.111. The minimum atomic E-state index is -0.384. The highest BCUT2D eigenvalue weighted by molar-refractivity contribution is 5.76. The molecule has 0 spiro atoms. The molecule has 1 amide bonds. The second-order valence-electron chi connectivity index (χ2n) is 2.98. The Hall–Kier alpha value is -2.28. The third-order valence-corrected chi connectivity index (χ3v) is 1.87. The Balaban J connectivity index is 2.17. The molecule has 0 saturated heterocycles. The van der Waals surface area contributed by atoms with E-state index in [0.717, 1.165) is 5.56 Å². The van der Waals surface area contributed by atoms with Crippen molar-refractivity contribution in [1.29, 1.82) is 0 Å². The summed E-state index contributed by atoms with van der Waals surface area (Å²) in [5.41, 5.74) is 2.74. The number of pyridine rings is 1. The summed E-state index contributed by atoms with van der Waals surface area (Å²) < 4.78 is 5.28. The molecule has 82 valence electrons. The monoisotopic (exact) mass is 219 g/mol. The van der Waals surface area contributed by atoms with Crippen LogP contribution in [0, 0.1) is 0 Å². The third-order valence-electron chi connectivity index (χ3n) is 1.87. The third kappa shape index (κ3) is 2.20. The van der Waals surface area contributed by atoms with Crippen LogP contribution in [0.1, 0.15) is 5.89 Å². The molecule has 0 aromatic carbocycles. The molecule has 0 fully saturated rings. The molecular formula is C9H9N5O2. The van der Waals surface area contributed by atoms with Gasteiger partial charge in [-0.3, -0.25) is 15.2 Å². The zero-order chi connectivity index (χ0) is 11.4. The van der Waals surface area contributed by atoms with Crippen LogP contribution in [0.15, 0.2) is 28.9 Å². The highest BCUT2D eigenvalue weighted by Crippen LogP contribution is 2.16. The van der Waals surface area contributed by atoms with Crippen molar-refractivity contribution in [2.75, 3.05) is 0 Å². The van der Waals surface area contributed by atoms with Crippen LogP contribution in [-0.2, 0) is 11.2 Å². The van der Waals surface area contributed by atoms with Gasteiger partial charge in [-0.05, 0) is 12.1 Å². The molecule has 2 aromatic rings. The molecule has 2 heterocycles. The molecule has 7 heteroatoms. The molecule has 2 rings (SSSR count). The number of nitrogens with two attached hydrogens (primary N) is 1. The van der Waals surface area contributed by atoms with E-state index in [-0.39, 0.29) is 18.2 Å². The van der Waals surface area contributed by atoms with Crippen LogP contribution in [0.25, 0.3) is 11.5 Å². The highest BCUT2D eigenvalue weighted by Gasteiger charge is 2.11. The second kappa shape index (κ2) is 4.49. The van der Waals surface area contributed by atoms with Gasteiger partial charge in [0.15, 0.2) is 0 Å². The van der Waals surface area contributed by atoms with Crippen molar-refractivity contribution in [3.63, 3.8) is 0 Å². The number of hydrazine groups is 1. The van der Waals surface area contributed by atoms with E-state index in [4.69, 9.17) is 10.3 Å². The second-order valence-corrected chi connectivity index (χ2v) is 2.98. The lowest BCUT2D eigenvalue weighted by molar-refractivity contribution is -0.120. The number of nitrogens with one attached hydrogen (secondary N) is 1. The Morgan fingerprint density at radius 3 is 2.81 bits per heavy atom. The van der Waals surface area contributed by atoms with Gasteiger partial charge >= 0.3 is 0 Å². The molecule has 0 aliphatic rings. The van der Waals surface area contributed by atoms with Gasteiger partial charge in [-0.1, -0.05) is 0 Å². The summed E-state index contributed by atoms with van der Waals surface area (Å²) in [6.45, 7) is 0. The number of carbonyl (C=O) groups excluding carboxylic acids is 1. The highest BCUT2D eigenvalue weighted by atomic mass is 16.4. The number of amides is 1. The van der Waals surface area contributed by atoms with Crippen LogP contribution in [0.2, 0.25) is 0 Å². The SMILES string of the molecule is NNC(=O)Cc1nnc(-c2ccncc2)o1. The van der Waals surface area contributed by atoms with Gasteiger partial charge in [0, 0.05) is 18.0 Å². The standard InChI is InChI=1S/C9H9N5O2/c10-12-7(15)5-8-13-14-9(16-8)6-1-3-11-4-2-6/h1-4H,5,10H2,(H,12,15). The number of hydrogen-bond acceptors (Lipinski definition) is 6.